The Morgan fingerprint density at radius 1 is 1.23 bits per heavy atom. The summed E-state index contributed by atoms with van der Waals surface area (Å²) in [5.41, 5.74) is 4.33. The lowest BCUT2D eigenvalue weighted by molar-refractivity contribution is -0.129. The van der Waals surface area contributed by atoms with Crippen LogP contribution >= 0.6 is 0 Å². The molecule has 1 unspecified atom stereocenters. The summed E-state index contributed by atoms with van der Waals surface area (Å²) in [4.78, 5) is 23.1. The van der Waals surface area contributed by atoms with Crippen LogP contribution in [0.5, 0.6) is 5.75 Å². The summed E-state index contributed by atoms with van der Waals surface area (Å²) in [6.45, 7) is 4.85. The summed E-state index contributed by atoms with van der Waals surface area (Å²) in [6.07, 6.45) is 9.55. The highest BCUT2D eigenvalue weighted by Crippen LogP contribution is 2.42. The van der Waals surface area contributed by atoms with Gasteiger partial charge in [0.05, 0.1) is 18.3 Å². The number of rotatable bonds is 4. The topological polar surface area (TPSA) is 55.3 Å². The fourth-order valence-corrected chi connectivity index (χ4v) is 3.51. The van der Waals surface area contributed by atoms with Crippen LogP contribution in [0.4, 0.5) is 0 Å². The van der Waals surface area contributed by atoms with Crippen molar-refractivity contribution in [2.75, 3.05) is 6.61 Å². The number of benzene rings is 1. The highest BCUT2D eigenvalue weighted by Gasteiger charge is 2.39. The molecule has 1 aromatic heterocycles. The molecule has 5 heteroatoms. The van der Waals surface area contributed by atoms with Crippen LogP contribution in [-0.2, 0) is 4.79 Å². The zero-order chi connectivity index (χ0) is 18.1. The van der Waals surface area contributed by atoms with Crippen molar-refractivity contribution < 1.29 is 9.53 Å². The Bertz CT molecular complexity index is 844. The van der Waals surface area contributed by atoms with Crippen LogP contribution in [0.1, 0.15) is 47.7 Å². The van der Waals surface area contributed by atoms with Crippen molar-refractivity contribution in [3.8, 4) is 5.75 Å². The largest absolute Gasteiger partial charge is 0.493 e. The third-order valence-corrected chi connectivity index (χ3v) is 5.17. The zero-order valence-corrected chi connectivity index (χ0v) is 15.2. The molecule has 1 aromatic carbocycles. The quantitative estimate of drug-likeness (QED) is 0.791. The molecular formula is C21H23N3O2. The van der Waals surface area contributed by atoms with E-state index in [1.54, 1.807) is 24.4 Å². The van der Waals surface area contributed by atoms with Gasteiger partial charge in [0, 0.05) is 30.3 Å². The van der Waals surface area contributed by atoms with Gasteiger partial charge >= 0.3 is 0 Å². The van der Waals surface area contributed by atoms with E-state index in [1.807, 2.05) is 4.90 Å². The van der Waals surface area contributed by atoms with Crippen molar-refractivity contribution in [2.45, 2.75) is 45.2 Å². The minimum atomic E-state index is 0.0437. The molecule has 1 saturated carbocycles. The molecule has 26 heavy (non-hydrogen) atoms. The van der Waals surface area contributed by atoms with Crippen molar-refractivity contribution in [2.24, 2.45) is 0 Å². The van der Waals surface area contributed by atoms with Crippen molar-refractivity contribution in [3.05, 3.63) is 59.2 Å². The molecule has 0 N–H and O–H groups in total. The second-order valence-electron chi connectivity index (χ2n) is 7.07. The highest BCUT2D eigenvalue weighted by atomic mass is 16.5. The molecule has 2 heterocycles. The van der Waals surface area contributed by atoms with E-state index in [9.17, 15) is 4.79 Å². The van der Waals surface area contributed by atoms with Crippen molar-refractivity contribution >= 4 is 12.0 Å². The van der Waals surface area contributed by atoms with Gasteiger partial charge in [-0.25, -0.2) is 9.97 Å². The Morgan fingerprint density at radius 2 is 2.04 bits per heavy atom. The van der Waals surface area contributed by atoms with Gasteiger partial charge in [-0.1, -0.05) is 6.07 Å². The first kappa shape index (κ1) is 16.8. The standard InChI is InChI=1S/C21H23N3O2/c1-14-11-18-19(8-10-26-20(18)12-15(14)2)24(17-4-5-17)21(25)6-3-16-7-9-22-13-23-16/h3,6-7,9,11-13,17,19H,4-5,8,10H2,1-2H3/b6-3+. The maximum absolute atomic E-state index is 13.0. The molecule has 1 fully saturated rings. The molecule has 0 saturated heterocycles. The third kappa shape index (κ3) is 3.34. The summed E-state index contributed by atoms with van der Waals surface area (Å²) < 4.78 is 5.88. The lowest BCUT2D eigenvalue weighted by atomic mass is 9.94. The Kier molecular flexibility index (Phi) is 4.45. The number of aromatic nitrogens is 2. The van der Waals surface area contributed by atoms with Crippen LogP contribution in [-0.4, -0.2) is 33.4 Å². The minimum absolute atomic E-state index is 0.0437. The molecule has 2 aliphatic rings. The SMILES string of the molecule is Cc1cc2c(cc1C)C(N(C(=O)/C=C/c1ccncn1)C1CC1)CCO2. The molecule has 1 aliphatic carbocycles. The molecule has 0 radical (unpaired) electrons. The number of hydrogen-bond donors (Lipinski definition) is 0. The lowest BCUT2D eigenvalue weighted by Gasteiger charge is -2.36. The predicted molar refractivity (Wildman–Crippen MR) is 99.7 cm³/mol. The number of fused-ring (bicyclic) bond motifs is 1. The van der Waals surface area contributed by atoms with Gasteiger partial charge in [-0.15, -0.1) is 0 Å². The smallest absolute Gasteiger partial charge is 0.247 e. The average Bonchev–Trinajstić information content (AvgIpc) is 3.47. The number of amides is 1. The fraction of sp³-hybridized carbons (Fsp3) is 0.381. The van der Waals surface area contributed by atoms with Crippen LogP contribution in [0.25, 0.3) is 6.08 Å². The van der Waals surface area contributed by atoms with Gasteiger partial charge in [-0.2, -0.15) is 0 Å². The fourth-order valence-electron chi connectivity index (χ4n) is 3.51. The van der Waals surface area contributed by atoms with Gasteiger partial charge in [0.25, 0.3) is 0 Å². The second kappa shape index (κ2) is 6.90. The Hall–Kier alpha value is -2.69. The van der Waals surface area contributed by atoms with Gasteiger partial charge in [0.15, 0.2) is 0 Å². The molecular weight excluding hydrogens is 326 g/mol. The van der Waals surface area contributed by atoms with E-state index in [0.717, 1.165) is 36.3 Å². The normalized spacial score (nSPS) is 19.1. The molecule has 2 aromatic rings. The van der Waals surface area contributed by atoms with Crippen LogP contribution in [0.3, 0.4) is 0 Å². The molecule has 1 amide bonds. The third-order valence-electron chi connectivity index (χ3n) is 5.17. The second-order valence-corrected chi connectivity index (χ2v) is 7.07. The number of hydrogen-bond acceptors (Lipinski definition) is 4. The van der Waals surface area contributed by atoms with E-state index in [-0.39, 0.29) is 11.9 Å². The van der Waals surface area contributed by atoms with Crippen LogP contribution in [0.15, 0.2) is 36.8 Å². The van der Waals surface area contributed by atoms with E-state index in [2.05, 4.69) is 35.9 Å². The number of carbonyl (C=O) groups is 1. The summed E-state index contributed by atoms with van der Waals surface area (Å²) in [5.74, 6) is 0.963. The van der Waals surface area contributed by atoms with Crippen LogP contribution in [0, 0.1) is 13.8 Å². The maximum atomic E-state index is 13.0. The van der Waals surface area contributed by atoms with Gasteiger partial charge in [-0.3, -0.25) is 4.79 Å². The first-order valence-electron chi connectivity index (χ1n) is 9.14. The van der Waals surface area contributed by atoms with Crippen molar-refractivity contribution in [3.63, 3.8) is 0 Å². The van der Waals surface area contributed by atoms with Crippen molar-refractivity contribution in [1.29, 1.82) is 0 Å². The molecule has 5 nitrogen and oxygen atoms in total. The number of nitrogens with zero attached hydrogens (tertiary/aromatic N) is 3. The first-order valence-corrected chi connectivity index (χ1v) is 9.14. The molecule has 1 atom stereocenters. The molecule has 0 spiro atoms. The van der Waals surface area contributed by atoms with E-state index in [1.165, 1.54) is 17.5 Å². The van der Waals surface area contributed by atoms with Gasteiger partial charge in [0.1, 0.15) is 12.1 Å². The van der Waals surface area contributed by atoms with E-state index in [4.69, 9.17) is 4.74 Å². The van der Waals surface area contributed by atoms with E-state index in [0.29, 0.717) is 12.6 Å². The maximum Gasteiger partial charge on any atom is 0.247 e. The number of carbonyl (C=O) groups excluding carboxylic acids is 1. The predicted octanol–water partition coefficient (Wildman–Crippen LogP) is 3.62. The summed E-state index contributed by atoms with van der Waals surface area (Å²) >= 11 is 0. The summed E-state index contributed by atoms with van der Waals surface area (Å²) in [5, 5.41) is 0. The van der Waals surface area contributed by atoms with Crippen molar-refractivity contribution in [1.82, 2.24) is 14.9 Å². The van der Waals surface area contributed by atoms with Crippen LogP contribution in [0.2, 0.25) is 0 Å². The average molecular weight is 349 g/mol. The minimum Gasteiger partial charge on any atom is -0.493 e. The molecule has 1 aliphatic heterocycles. The first-order chi connectivity index (χ1) is 12.6. The Morgan fingerprint density at radius 3 is 2.77 bits per heavy atom. The summed E-state index contributed by atoms with van der Waals surface area (Å²) in [7, 11) is 0. The number of aryl methyl sites for hydroxylation is 2. The monoisotopic (exact) mass is 349 g/mol. The molecule has 134 valence electrons. The summed E-state index contributed by atoms with van der Waals surface area (Å²) in [6, 6.07) is 6.48. The van der Waals surface area contributed by atoms with E-state index >= 15 is 0 Å². The van der Waals surface area contributed by atoms with E-state index < -0.39 is 0 Å². The number of ether oxygens (including phenoxy) is 1. The zero-order valence-electron chi connectivity index (χ0n) is 15.2. The molecule has 0 bridgehead atoms. The Balaban J connectivity index is 1.63. The van der Waals surface area contributed by atoms with Crippen LogP contribution < -0.4 is 4.74 Å². The van der Waals surface area contributed by atoms with Gasteiger partial charge in [-0.05, 0) is 56.0 Å². The lowest BCUT2D eigenvalue weighted by Crippen LogP contribution is -2.38. The van der Waals surface area contributed by atoms with Gasteiger partial charge in [0.2, 0.25) is 5.91 Å². The van der Waals surface area contributed by atoms with Gasteiger partial charge < -0.3 is 9.64 Å². The highest BCUT2D eigenvalue weighted by molar-refractivity contribution is 5.92. The Labute approximate surface area is 153 Å². The molecule has 4 rings (SSSR count).